The lowest BCUT2D eigenvalue weighted by molar-refractivity contribution is -0.121. The summed E-state index contributed by atoms with van der Waals surface area (Å²) in [4.78, 5) is 30.3. The third kappa shape index (κ3) is 5.35. The van der Waals surface area contributed by atoms with Crippen LogP contribution in [0.25, 0.3) is 6.08 Å². The number of ether oxygens (including phenoxy) is 1. The molecule has 1 aliphatic heterocycles. The number of phenols is 1. The van der Waals surface area contributed by atoms with E-state index in [0.717, 1.165) is 17.7 Å². The van der Waals surface area contributed by atoms with E-state index in [1.54, 1.807) is 12.2 Å². The predicted octanol–water partition coefficient (Wildman–Crippen LogP) is 4.67. The van der Waals surface area contributed by atoms with Crippen LogP contribution in [0.5, 0.6) is 11.5 Å². The lowest BCUT2D eigenvalue weighted by Crippen LogP contribution is -2.29. The summed E-state index contributed by atoms with van der Waals surface area (Å²) in [6.07, 6.45) is 4.30. The molecule has 2 aromatic carbocycles. The highest BCUT2D eigenvalue weighted by Crippen LogP contribution is 2.35. The summed E-state index contributed by atoms with van der Waals surface area (Å²) in [5.74, 6) is -1.05. The maximum absolute atomic E-state index is 12.9. The Morgan fingerprint density at radius 3 is 2.61 bits per heavy atom. The van der Waals surface area contributed by atoms with E-state index in [1.165, 1.54) is 34.9 Å². The molecule has 1 saturated heterocycles. The van der Waals surface area contributed by atoms with Gasteiger partial charge in [0.1, 0.15) is 17.1 Å². The van der Waals surface area contributed by atoms with Gasteiger partial charge in [0, 0.05) is 12.6 Å². The Hall–Kier alpha value is -3.52. The lowest BCUT2D eigenvalue weighted by Gasteiger charge is -2.12. The van der Waals surface area contributed by atoms with Crippen molar-refractivity contribution in [3.05, 3.63) is 71.2 Å². The summed E-state index contributed by atoms with van der Waals surface area (Å²) in [6.45, 7) is 6.65. The van der Waals surface area contributed by atoms with Crippen LogP contribution in [0, 0.1) is 0 Å². The van der Waals surface area contributed by atoms with Crippen LogP contribution in [-0.4, -0.2) is 45.3 Å². The fraction of sp³-hybridized carbons (Fsp3) is 0.174. The second-order valence-corrected chi connectivity index (χ2v) is 7.64. The number of benzene rings is 2. The number of carbonyl (C=O) groups is 2. The fourth-order valence-electron chi connectivity index (χ4n) is 2.79. The van der Waals surface area contributed by atoms with E-state index in [4.69, 9.17) is 9.84 Å². The van der Waals surface area contributed by atoms with Crippen molar-refractivity contribution in [3.63, 3.8) is 0 Å². The molecule has 3 rings (SSSR count). The summed E-state index contributed by atoms with van der Waals surface area (Å²) >= 11 is 1.20. The predicted molar refractivity (Wildman–Crippen MR) is 122 cm³/mol. The molecule has 1 fully saturated rings. The summed E-state index contributed by atoms with van der Waals surface area (Å²) in [7, 11) is 0. The summed E-state index contributed by atoms with van der Waals surface area (Å²) < 4.78 is 5.58. The molecule has 1 heterocycles. The lowest BCUT2D eigenvalue weighted by atomic mass is 10.2. The van der Waals surface area contributed by atoms with Gasteiger partial charge in [0.2, 0.25) is 0 Å². The molecule has 1 aliphatic rings. The van der Waals surface area contributed by atoms with Crippen LogP contribution >= 0.6 is 11.8 Å². The number of carboxylic acids is 1. The van der Waals surface area contributed by atoms with Gasteiger partial charge in [-0.1, -0.05) is 25.1 Å². The zero-order valence-corrected chi connectivity index (χ0v) is 17.8. The van der Waals surface area contributed by atoms with Gasteiger partial charge in [-0.05, 0) is 54.1 Å². The Balaban J connectivity index is 1.87. The Bertz CT molecular complexity index is 1060. The van der Waals surface area contributed by atoms with Crippen LogP contribution in [-0.2, 0) is 4.79 Å². The maximum atomic E-state index is 12.9. The number of rotatable bonds is 8. The smallest absolute Gasteiger partial charge is 0.339 e. The van der Waals surface area contributed by atoms with Crippen molar-refractivity contribution in [3.8, 4) is 11.5 Å². The molecular formula is C23H22N2O5S. The van der Waals surface area contributed by atoms with Crippen molar-refractivity contribution in [1.29, 1.82) is 0 Å². The molecule has 7 nitrogen and oxygen atoms in total. The number of carboxylic acid groups (broad SMARTS) is 1. The minimum Gasteiger partial charge on any atom is -0.507 e. The van der Waals surface area contributed by atoms with Crippen LogP contribution in [0.4, 0.5) is 5.69 Å². The number of thioether (sulfide) groups is 1. The largest absolute Gasteiger partial charge is 0.507 e. The van der Waals surface area contributed by atoms with Gasteiger partial charge in [0.05, 0.1) is 17.2 Å². The molecule has 0 unspecified atom stereocenters. The van der Waals surface area contributed by atoms with Gasteiger partial charge in [0.25, 0.3) is 5.91 Å². The van der Waals surface area contributed by atoms with Gasteiger partial charge >= 0.3 is 5.97 Å². The third-order valence-electron chi connectivity index (χ3n) is 4.29. The summed E-state index contributed by atoms with van der Waals surface area (Å²) in [6, 6.07) is 11.5. The number of amides is 1. The van der Waals surface area contributed by atoms with E-state index in [-0.39, 0.29) is 23.8 Å². The highest BCUT2D eigenvalue weighted by atomic mass is 32.2. The van der Waals surface area contributed by atoms with Crippen molar-refractivity contribution in [2.75, 3.05) is 13.2 Å². The fourth-order valence-corrected chi connectivity index (χ4v) is 3.80. The van der Waals surface area contributed by atoms with Crippen LogP contribution in [0.15, 0.2) is 65.0 Å². The first kappa shape index (κ1) is 22.2. The number of amidine groups is 1. The molecule has 0 saturated carbocycles. The average molecular weight is 439 g/mol. The normalized spacial score (nSPS) is 16.2. The number of hydrogen-bond donors (Lipinski definition) is 2. The minimum atomic E-state index is -1.23. The Morgan fingerprint density at radius 2 is 2.00 bits per heavy atom. The highest BCUT2D eigenvalue weighted by molar-refractivity contribution is 8.18. The van der Waals surface area contributed by atoms with Gasteiger partial charge in [-0.25, -0.2) is 9.79 Å². The van der Waals surface area contributed by atoms with Crippen molar-refractivity contribution in [2.45, 2.75) is 13.3 Å². The number of aromatic hydroxyl groups is 1. The van der Waals surface area contributed by atoms with E-state index in [0.29, 0.717) is 22.4 Å². The summed E-state index contributed by atoms with van der Waals surface area (Å²) in [5, 5.41) is 19.4. The Labute approximate surface area is 184 Å². The molecular weight excluding hydrogens is 416 g/mol. The van der Waals surface area contributed by atoms with Gasteiger partial charge < -0.3 is 14.9 Å². The molecule has 0 atom stereocenters. The van der Waals surface area contributed by atoms with Gasteiger partial charge in [0.15, 0.2) is 5.17 Å². The molecule has 160 valence electrons. The molecule has 8 heteroatoms. The SMILES string of the molecule is C=CCN1C(=O)/C(=C/c2ccc(OCCC)cc2)SC1=Nc1ccc(C(=O)O)c(O)c1. The second kappa shape index (κ2) is 9.99. The Kier molecular flexibility index (Phi) is 7.15. The zero-order chi connectivity index (χ0) is 22.4. The topological polar surface area (TPSA) is 99.4 Å². The van der Waals surface area contributed by atoms with Crippen molar-refractivity contribution in [2.24, 2.45) is 4.99 Å². The monoisotopic (exact) mass is 438 g/mol. The molecule has 0 spiro atoms. The molecule has 1 amide bonds. The van der Waals surface area contributed by atoms with E-state index in [2.05, 4.69) is 11.6 Å². The molecule has 2 N–H and O–H groups in total. The van der Waals surface area contributed by atoms with Gasteiger partial charge in [-0.15, -0.1) is 6.58 Å². The Morgan fingerprint density at radius 1 is 1.26 bits per heavy atom. The first-order chi connectivity index (χ1) is 14.9. The number of aliphatic imine (C=N–C) groups is 1. The second-order valence-electron chi connectivity index (χ2n) is 6.63. The van der Waals surface area contributed by atoms with E-state index in [9.17, 15) is 14.7 Å². The number of carbonyl (C=O) groups excluding carboxylic acids is 1. The first-order valence-electron chi connectivity index (χ1n) is 9.63. The van der Waals surface area contributed by atoms with Crippen LogP contribution in [0.3, 0.4) is 0 Å². The average Bonchev–Trinajstić information content (AvgIpc) is 3.02. The van der Waals surface area contributed by atoms with Gasteiger partial charge in [-0.2, -0.15) is 0 Å². The van der Waals surface area contributed by atoms with Crippen LogP contribution < -0.4 is 4.74 Å². The molecule has 2 aromatic rings. The molecule has 0 aromatic heterocycles. The van der Waals surface area contributed by atoms with Crippen LogP contribution in [0.2, 0.25) is 0 Å². The van der Waals surface area contributed by atoms with Crippen molar-refractivity contribution < 1.29 is 24.5 Å². The van der Waals surface area contributed by atoms with Gasteiger partial charge in [-0.3, -0.25) is 9.69 Å². The summed E-state index contributed by atoms with van der Waals surface area (Å²) in [5.41, 5.74) is 0.975. The third-order valence-corrected chi connectivity index (χ3v) is 5.29. The standard InChI is InChI=1S/C23H22N2O5S/c1-3-11-25-21(27)20(13-15-5-8-17(9-6-15)30-12-4-2)31-23(25)24-16-7-10-18(22(28)29)19(26)14-16/h3,5-10,13-14,26H,1,4,11-12H2,2H3,(H,28,29)/b20-13-,24-23?. The van der Waals surface area contributed by atoms with Crippen molar-refractivity contribution >= 4 is 40.6 Å². The maximum Gasteiger partial charge on any atom is 0.339 e. The quantitative estimate of drug-likeness (QED) is 0.459. The van der Waals surface area contributed by atoms with E-state index < -0.39 is 5.97 Å². The molecule has 0 aliphatic carbocycles. The van der Waals surface area contributed by atoms with E-state index >= 15 is 0 Å². The molecule has 31 heavy (non-hydrogen) atoms. The molecule has 0 bridgehead atoms. The minimum absolute atomic E-state index is 0.207. The zero-order valence-electron chi connectivity index (χ0n) is 16.9. The van der Waals surface area contributed by atoms with Crippen molar-refractivity contribution in [1.82, 2.24) is 4.90 Å². The number of aromatic carboxylic acids is 1. The number of nitrogens with zero attached hydrogens (tertiary/aromatic N) is 2. The highest BCUT2D eigenvalue weighted by Gasteiger charge is 2.32. The number of hydrogen-bond acceptors (Lipinski definition) is 6. The first-order valence-corrected chi connectivity index (χ1v) is 10.4. The molecule has 0 radical (unpaired) electrons. The van der Waals surface area contributed by atoms with Crippen LogP contribution in [0.1, 0.15) is 29.3 Å². The van der Waals surface area contributed by atoms with E-state index in [1.807, 2.05) is 31.2 Å².